The molecule has 7 nitrogen and oxygen atoms in total. The summed E-state index contributed by atoms with van der Waals surface area (Å²) in [7, 11) is 0. The number of nitrogens with zero attached hydrogens (tertiary/aromatic N) is 2. The number of hydrogen-bond acceptors (Lipinski definition) is 4. The van der Waals surface area contributed by atoms with Crippen molar-refractivity contribution in [3.63, 3.8) is 0 Å². The molecule has 0 aliphatic carbocycles. The lowest BCUT2D eigenvalue weighted by molar-refractivity contribution is -0.119. The Morgan fingerprint density at radius 3 is 2.30 bits per heavy atom. The van der Waals surface area contributed by atoms with Crippen LogP contribution in [0, 0.1) is 5.92 Å². The van der Waals surface area contributed by atoms with E-state index in [1.165, 1.54) is 4.57 Å². The van der Waals surface area contributed by atoms with Gasteiger partial charge >= 0.3 is 0 Å². The van der Waals surface area contributed by atoms with Gasteiger partial charge in [-0.25, -0.2) is 4.98 Å². The highest BCUT2D eigenvalue weighted by atomic mass is 16.2. The topological polar surface area (TPSA) is 93.1 Å². The Balaban J connectivity index is 1.79. The van der Waals surface area contributed by atoms with E-state index in [2.05, 4.69) is 15.6 Å². The molecule has 4 aromatic rings. The first-order valence-electron chi connectivity index (χ1n) is 10.7. The van der Waals surface area contributed by atoms with Gasteiger partial charge in [0, 0.05) is 17.2 Å². The van der Waals surface area contributed by atoms with Crippen molar-refractivity contribution in [1.29, 1.82) is 0 Å². The van der Waals surface area contributed by atoms with Gasteiger partial charge in [-0.05, 0) is 30.3 Å². The summed E-state index contributed by atoms with van der Waals surface area (Å²) in [5.74, 6) is -0.709. The summed E-state index contributed by atoms with van der Waals surface area (Å²) in [4.78, 5) is 43.2. The smallest absolute Gasteiger partial charge is 0.278 e. The van der Waals surface area contributed by atoms with Crippen LogP contribution in [-0.2, 0) is 16.1 Å². The van der Waals surface area contributed by atoms with Crippen LogP contribution in [0.15, 0.2) is 83.7 Å². The predicted octanol–water partition coefficient (Wildman–Crippen LogP) is 4.30. The fraction of sp³-hybridized carbons (Fsp3) is 0.154. The summed E-state index contributed by atoms with van der Waals surface area (Å²) >= 11 is 0. The second kappa shape index (κ2) is 9.48. The average Bonchev–Trinajstić information content (AvgIpc) is 2.82. The fourth-order valence-corrected chi connectivity index (χ4v) is 3.47. The van der Waals surface area contributed by atoms with Crippen LogP contribution in [0.25, 0.3) is 22.3 Å². The first-order valence-corrected chi connectivity index (χ1v) is 10.7. The number of para-hydroxylation sites is 4. The summed E-state index contributed by atoms with van der Waals surface area (Å²) in [6.45, 7) is 3.42. The van der Waals surface area contributed by atoms with Gasteiger partial charge in [0.25, 0.3) is 5.56 Å². The minimum atomic E-state index is -0.414. The van der Waals surface area contributed by atoms with E-state index in [1.807, 2.05) is 24.3 Å². The van der Waals surface area contributed by atoms with E-state index in [0.29, 0.717) is 28.0 Å². The van der Waals surface area contributed by atoms with Gasteiger partial charge < -0.3 is 10.6 Å². The number of nitrogens with one attached hydrogen (secondary N) is 2. The minimum Gasteiger partial charge on any atom is -0.325 e. The molecule has 1 heterocycles. The lowest BCUT2D eigenvalue weighted by Crippen LogP contribution is -2.30. The molecule has 0 saturated heterocycles. The van der Waals surface area contributed by atoms with Crippen molar-refractivity contribution in [2.75, 3.05) is 10.6 Å². The van der Waals surface area contributed by atoms with Crippen LogP contribution in [0.1, 0.15) is 13.8 Å². The number of benzene rings is 3. The molecule has 4 rings (SSSR count). The molecule has 3 aromatic carbocycles. The van der Waals surface area contributed by atoms with Crippen molar-refractivity contribution >= 4 is 34.2 Å². The monoisotopic (exact) mass is 440 g/mol. The third kappa shape index (κ3) is 4.82. The molecule has 7 heteroatoms. The van der Waals surface area contributed by atoms with Gasteiger partial charge in [0.2, 0.25) is 11.8 Å². The van der Waals surface area contributed by atoms with Gasteiger partial charge in [-0.15, -0.1) is 0 Å². The summed E-state index contributed by atoms with van der Waals surface area (Å²) in [6, 6.07) is 23.3. The Hall–Kier alpha value is -4.26. The van der Waals surface area contributed by atoms with Crippen LogP contribution in [0.4, 0.5) is 11.4 Å². The van der Waals surface area contributed by atoms with E-state index in [0.717, 1.165) is 0 Å². The van der Waals surface area contributed by atoms with E-state index in [1.54, 1.807) is 68.4 Å². The molecule has 0 saturated carbocycles. The van der Waals surface area contributed by atoms with Crippen LogP contribution >= 0.6 is 0 Å². The van der Waals surface area contributed by atoms with Gasteiger partial charge in [-0.2, -0.15) is 0 Å². The van der Waals surface area contributed by atoms with Crippen LogP contribution in [0.3, 0.4) is 0 Å². The van der Waals surface area contributed by atoms with Crippen molar-refractivity contribution in [1.82, 2.24) is 9.55 Å². The average molecular weight is 441 g/mol. The molecule has 0 radical (unpaired) electrons. The Morgan fingerprint density at radius 1 is 0.879 bits per heavy atom. The Labute approximate surface area is 191 Å². The van der Waals surface area contributed by atoms with Gasteiger partial charge in [-0.3, -0.25) is 19.0 Å². The van der Waals surface area contributed by atoms with E-state index < -0.39 is 5.56 Å². The number of hydrogen-bond donors (Lipinski definition) is 2. The lowest BCUT2D eigenvalue weighted by Gasteiger charge is -2.15. The molecule has 0 aliphatic rings. The van der Waals surface area contributed by atoms with E-state index in [9.17, 15) is 14.4 Å². The maximum absolute atomic E-state index is 13.6. The number of anilines is 2. The van der Waals surface area contributed by atoms with E-state index in [4.69, 9.17) is 0 Å². The van der Waals surface area contributed by atoms with Crippen molar-refractivity contribution in [3.8, 4) is 11.3 Å². The highest BCUT2D eigenvalue weighted by Crippen LogP contribution is 2.26. The fourth-order valence-electron chi connectivity index (χ4n) is 3.47. The molecular weight excluding hydrogens is 416 g/mol. The molecular formula is C26H24N4O3. The number of carbonyl (C=O) groups excluding carboxylic acids is 2. The second-order valence-corrected chi connectivity index (χ2v) is 7.94. The van der Waals surface area contributed by atoms with Gasteiger partial charge in [0.15, 0.2) is 0 Å². The molecule has 2 N–H and O–H groups in total. The highest BCUT2D eigenvalue weighted by Gasteiger charge is 2.18. The molecule has 0 bridgehead atoms. The first-order chi connectivity index (χ1) is 15.9. The van der Waals surface area contributed by atoms with Crippen LogP contribution < -0.4 is 16.2 Å². The molecule has 33 heavy (non-hydrogen) atoms. The third-order valence-electron chi connectivity index (χ3n) is 5.18. The normalized spacial score (nSPS) is 10.9. The van der Waals surface area contributed by atoms with Crippen LogP contribution in [0.2, 0.25) is 0 Å². The molecule has 0 aliphatic heterocycles. The lowest BCUT2D eigenvalue weighted by atomic mass is 10.1. The van der Waals surface area contributed by atoms with Gasteiger partial charge in [0.1, 0.15) is 12.2 Å². The molecule has 0 fully saturated rings. The van der Waals surface area contributed by atoms with Gasteiger partial charge in [-0.1, -0.05) is 62.4 Å². The molecule has 166 valence electrons. The zero-order valence-electron chi connectivity index (χ0n) is 18.4. The summed E-state index contributed by atoms with van der Waals surface area (Å²) in [5, 5.41) is 5.69. The van der Waals surface area contributed by atoms with Crippen molar-refractivity contribution in [2.45, 2.75) is 20.4 Å². The standard InChI is InChI=1S/C26H24N4O3/c1-17(2)25(32)29-20-13-7-6-12-19(20)24-26(33)30(22-15-9-8-14-21(22)28-24)16-23(31)27-18-10-4-3-5-11-18/h3-15,17H,16H2,1-2H3,(H,27,31)(H,29,32). The molecule has 1 aromatic heterocycles. The van der Waals surface area contributed by atoms with Crippen molar-refractivity contribution < 1.29 is 9.59 Å². The maximum Gasteiger partial charge on any atom is 0.278 e. The Morgan fingerprint density at radius 2 is 1.55 bits per heavy atom. The molecule has 0 spiro atoms. The SMILES string of the molecule is CC(C)C(=O)Nc1ccccc1-c1nc2ccccc2n(CC(=O)Nc2ccccc2)c1=O. The number of carbonyl (C=O) groups is 2. The zero-order chi connectivity index (χ0) is 23.4. The number of amides is 2. The van der Waals surface area contributed by atoms with E-state index >= 15 is 0 Å². The number of rotatable bonds is 6. The Kier molecular flexibility index (Phi) is 6.31. The second-order valence-electron chi connectivity index (χ2n) is 7.94. The van der Waals surface area contributed by atoms with Crippen LogP contribution in [-0.4, -0.2) is 21.4 Å². The molecule has 0 unspecified atom stereocenters. The highest BCUT2D eigenvalue weighted by molar-refractivity contribution is 5.96. The first kappa shape index (κ1) is 22.0. The number of fused-ring (bicyclic) bond motifs is 1. The molecule has 2 amide bonds. The zero-order valence-corrected chi connectivity index (χ0v) is 18.4. The summed E-state index contributed by atoms with van der Waals surface area (Å²) < 4.78 is 1.41. The summed E-state index contributed by atoms with van der Waals surface area (Å²) in [6.07, 6.45) is 0. The van der Waals surface area contributed by atoms with Crippen LogP contribution in [0.5, 0.6) is 0 Å². The largest absolute Gasteiger partial charge is 0.325 e. The predicted molar refractivity (Wildman–Crippen MR) is 130 cm³/mol. The minimum absolute atomic E-state index is 0.161. The summed E-state index contributed by atoms with van der Waals surface area (Å²) in [5.41, 5.74) is 2.53. The van der Waals surface area contributed by atoms with Crippen molar-refractivity contribution in [3.05, 3.63) is 89.2 Å². The van der Waals surface area contributed by atoms with Gasteiger partial charge in [0.05, 0.1) is 16.7 Å². The molecule has 0 atom stereocenters. The number of aromatic nitrogens is 2. The third-order valence-corrected chi connectivity index (χ3v) is 5.18. The Bertz CT molecular complexity index is 1380. The van der Waals surface area contributed by atoms with E-state index in [-0.39, 0.29) is 30.0 Å². The maximum atomic E-state index is 13.6. The quantitative estimate of drug-likeness (QED) is 0.468. The van der Waals surface area contributed by atoms with Crippen molar-refractivity contribution in [2.24, 2.45) is 5.92 Å².